The minimum Gasteiger partial charge on any atom is -0.465 e. The number of nitrogens with one attached hydrogen (secondary N) is 2. The third kappa shape index (κ3) is 4.25. The zero-order valence-electron chi connectivity index (χ0n) is 15.8. The number of thiophene rings is 1. The number of hydrogen-bond acceptors (Lipinski definition) is 8. The number of benzene rings is 1. The third-order valence-electron chi connectivity index (χ3n) is 4.61. The number of carbonyl (C=O) groups is 2. The molecular formula is C20H20N4O3S2. The van der Waals surface area contributed by atoms with Crippen LogP contribution in [0.4, 0.5) is 22.2 Å². The molecule has 1 aromatic carbocycles. The van der Waals surface area contributed by atoms with E-state index in [0.717, 1.165) is 24.5 Å². The molecule has 2 N–H and O–H groups in total. The van der Waals surface area contributed by atoms with Crippen molar-refractivity contribution in [3.8, 4) is 0 Å². The van der Waals surface area contributed by atoms with Crippen LogP contribution >= 0.6 is 22.7 Å². The molecule has 1 saturated heterocycles. The minimum atomic E-state index is -0.407. The molecule has 0 atom stereocenters. The lowest BCUT2D eigenvalue weighted by Gasteiger charge is -2.21. The van der Waals surface area contributed by atoms with Gasteiger partial charge in [0.15, 0.2) is 5.13 Å². The second-order valence-electron chi connectivity index (χ2n) is 6.48. The minimum absolute atomic E-state index is 0.264. The summed E-state index contributed by atoms with van der Waals surface area (Å²) in [5.74, 6) is -0.671. The third-order valence-corrected chi connectivity index (χ3v) is 6.27. The van der Waals surface area contributed by atoms with Gasteiger partial charge in [-0.15, -0.1) is 22.7 Å². The summed E-state index contributed by atoms with van der Waals surface area (Å²) < 4.78 is 4.78. The molecule has 0 spiro atoms. The number of carbonyl (C=O) groups excluding carboxylic acids is 2. The van der Waals surface area contributed by atoms with Crippen LogP contribution in [0.3, 0.4) is 0 Å². The summed E-state index contributed by atoms with van der Waals surface area (Å²) in [7, 11) is 1.34. The molecule has 9 heteroatoms. The van der Waals surface area contributed by atoms with E-state index in [0.29, 0.717) is 21.4 Å². The zero-order chi connectivity index (χ0) is 20.2. The molecule has 4 rings (SSSR count). The summed E-state index contributed by atoms with van der Waals surface area (Å²) in [5, 5.41) is 10.1. The normalized spacial score (nSPS) is 13.3. The van der Waals surface area contributed by atoms with Crippen LogP contribution in [-0.2, 0) is 4.74 Å². The van der Waals surface area contributed by atoms with E-state index in [4.69, 9.17) is 4.74 Å². The van der Waals surface area contributed by atoms with Gasteiger partial charge in [0.1, 0.15) is 10.6 Å². The van der Waals surface area contributed by atoms with Crippen LogP contribution in [0.2, 0.25) is 0 Å². The Labute approximate surface area is 176 Å². The molecule has 1 aliphatic rings. The first-order valence-corrected chi connectivity index (χ1v) is 11.0. The fourth-order valence-electron chi connectivity index (χ4n) is 3.21. The maximum Gasteiger partial charge on any atom is 0.350 e. The average molecular weight is 429 g/mol. The van der Waals surface area contributed by atoms with Crippen LogP contribution in [0.25, 0.3) is 0 Å². The van der Waals surface area contributed by atoms with E-state index < -0.39 is 5.97 Å². The average Bonchev–Trinajstić information content (AvgIpc) is 3.50. The Kier molecular flexibility index (Phi) is 5.77. The van der Waals surface area contributed by atoms with Gasteiger partial charge >= 0.3 is 5.97 Å². The van der Waals surface area contributed by atoms with E-state index in [2.05, 4.69) is 20.5 Å². The number of rotatable bonds is 6. The van der Waals surface area contributed by atoms with E-state index in [-0.39, 0.29) is 5.91 Å². The lowest BCUT2D eigenvalue weighted by atomic mass is 10.2. The lowest BCUT2D eigenvalue weighted by Crippen LogP contribution is -2.21. The molecule has 0 aliphatic carbocycles. The summed E-state index contributed by atoms with van der Waals surface area (Å²) in [6.45, 7) is 2.00. The molecule has 1 aliphatic heterocycles. The highest BCUT2D eigenvalue weighted by Crippen LogP contribution is 2.30. The number of hydrogen-bond donors (Lipinski definition) is 2. The van der Waals surface area contributed by atoms with Crippen LogP contribution in [0.1, 0.15) is 33.0 Å². The summed E-state index contributed by atoms with van der Waals surface area (Å²) in [4.78, 5) is 31.7. The molecule has 0 radical (unpaired) electrons. The molecule has 1 amide bonds. The van der Waals surface area contributed by atoms with Crippen molar-refractivity contribution in [1.82, 2.24) is 4.98 Å². The van der Waals surface area contributed by atoms with Crippen LogP contribution in [0.15, 0.2) is 41.1 Å². The number of anilines is 4. The smallest absolute Gasteiger partial charge is 0.350 e. The van der Waals surface area contributed by atoms with Gasteiger partial charge in [0.05, 0.1) is 24.2 Å². The van der Waals surface area contributed by atoms with Crippen molar-refractivity contribution in [3.63, 3.8) is 0 Å². The number of ether oxygens (including phenoxy) is 1. The fourth-order valence-corrected chi connectivity index (χ4v) is 4.68. The quantitative estimate of drug-likeness (QED) is 0.559. The molecule has 3 heterocycles. The maximum atomic E-state index is 12.7. The van der Waals surface area contributed by atoms with E-state index in [1.807, 2.05) is 24.3 Å². The summed E-state index contributed by atoms with van der Waals surface area (Å²) in [6, 6.07) is 9.61. The van der Waals surface area contributed by atoms with Gasteiger partial charge in [0, 0.05) is 18.5 Å². The van der Waals surface area contributed by atoms with Crippen molar-refractivity contribution in [1.29, 1.82) is 0 Å². The molecule has 1 fully saturated rings. The molecule has 3 aromatic rings. The first-order chi connectivity index (χ1) is 14.2. The monoisotopic (exact) mass is 428 g/mol. The summed E-state index contributed by atoms with van der Waals surface area (Å²) >= 11 is 2.59. The van der Waals surface area contributed by atoms with E-state index in [9.17, 15) is 9.59 Å². The standard InChI is InChI=1S/C20H20N4O3S2/c1-27-19(26)17-14(8-11-28-17)22-20-23-15(12-29-20)18(25)21-13-6-2-3-7-16(13)24-9-4-5-10-24/h2-3,6-8,11-12H,4-5,9-10H2,1H3,(H,21,25)(H,22,23). The molecule has 7 nitrogen and oxygen atoms in total. The van der Waals surface area contributed by atoms with Gasteiger partial charge in [-0.1, -0.05) is 12.1 Å². The highest BCUT2D eigenvalue weighted by molar-refractivity contribution is 7.14. The number of amides is 1. The Morgan fingerprint density at radius 3 is 2.69 bits per heavy atom. The largest absolute Gasteiger partial charge is 0.465 e. The lowest BCUT2D eigenvalue weighted by molar-refractivity contribution is 0.0607. The highest BCUT2D eigenvalue weighted by atomic mass is 32.1. The van der Waals surface area contributed by atoms with Crippen molar-refractivity contribution >= 4 is 56.7 Å². The van der Waals surface area contributed by atoms with Gasteiger partial charge in [-0.3, -0.25) is 4.79 Å². The van der Waals surface area contributed by atoms with Crippen molar-refractivity contribution in [2.75, 3.05) is 35.7 Å². The van der Waals surface area contributed by atoms with Crippen molar-refractivity contribution < 1.29 is 14.3 Å². The van der Waals surface area contributed by atoms with Gasteiger partial charge in [-0.2, -0.15) is 0 Å². The van der Waals surface area contributed by atoms with Crippen molar-refractivity contribution in [3.05, 3.63) is 51.7 Å². The predicted octanol–water partition coefficient (Wildman–Crippen LogP) is 4.59. The number of para-hydroxylation sites is 2. The Morgan fingerprint density at radius 2 is 1.90 bits per heavy atom. The Hall–Kier alpha value is -2.91. The number of methoxy groups -OCH3 is 1. The zero-order valence-corrected chi connectivity index (χ0v) is 17.4. The Bertz CT molecular complexity index is 1020. The first kappa shape index (κ1) is 19.4. The number of thiazole rings is 1. The van der Waals surface area contributed by atoms with E-state index in [1.54, 1.807) is 16.8 Å². The second kappa shape index (κ2) is 8.62. The molecule has 2 aromatic heterocycles. The molecule has 0 saturated carbocycles. The van der Waals surface area contributed by atoms with Crippen LogP contribution in [0.5, 0.6) is 0 Å². The number of aromatic nitrogens is 1. The fraction of sp³-hybridized carbons (Fsp3) is 0.250. The van der Waals surface area contributed by atoms with Crippen LogP contribution in [-0.4, -0.2) is 37.1 Å². The molecule has 150 valence electrons. The van der Waals surface area contributed by atoms with Gasteiger partial charge in [0.25, 0.3) is 5.91 Å². The first-order valence-electron chi connectivity index (χ1n) is 9.19. The molecular weight excluding hydrogens is 408 g/mol. The summed E-state index contributed by atoms with van der Waals surface area (Å²) in [5.41, 5.74) is 2.76. The molecule has 29 heavy (non-hydrogen) atoms. The number of esters is 1. The molecule has 0 unspecified atom stereocenters. The maximum absolute atomic E-state index is 12.7. The Morgan fingerprint density at radius 1 is 1.10 bits per heavy atom. The van der Waals surface area contributed by atoms with Gasteiger partial charge in [-0.25, -0.2) is 9.78 Å². The number of nitrogens with zero attached hydrogens (tertiary/aromatic N) is 2. The second-order valence-corrected chi connectivity index (χ2v) is 8.26. The Balaban J connectivity index is 1.47. The van der Waals surface area contributed by atoms with Gasteiger partial charge < -0.3 is 20.3 Å². The van der Waals surface area contributed by atoms with Crippen LogP contribution in [0, 0.1) is 0 Å². The van der Waals surface area contributed by atoms with Gasteiger partial charge in [0.2, 0.25) is 0 Å². The van der Waals surface area contributed by atoms with Gasteiger partial charge in [-0.05, 0) is 36.4 Å². The predicted molar refractivity (Wildman–Crippen MR) is 117 cm³/mol. The molecule has 0 bridgehead atoms. The van der Waals surface area contributed by atoms with Crippen molar-refractivity contribution in [2.45, 2.75) is 12.8 Å². The van der Waals surface area contributed by atoms with Crippen molar-refractivity contribution in [2.24, 2.45) is 0 Å². The highest BCUT2D eigenvalue weighted by Gasteiger charge is 2.19. The van der Waals surface area contributed by atoms with E-state index in [1.165, 1.54) is 42.6 Å². The SMILES string of the molecule is COC(=O)c1sccc1Nc1nc(C(=O)Nc2ccccc2N2CCCC2)cs1. The topological polar surface area (TPSA) is 83.6 Å². The van der Waals surface area contributed by atoms with E-state index >= 15 is 0 Å². The summed E-state index contributed by atoms with van der Waals surface area (Å²) in [6.07, 6.45) is 2.33. The van der Waals surface area contributed by atoms with Crippen LogP contribution < -0.4 is 15.5 Å².